The molecule has 3 aromatic carbocycles. The number of hydrogen-bond acceptors (Lipinski definition) is 4. The summed E-state index contributed by atoms with van der Waals surface area (Å²) in [6, 6.07) is 27.8. The Morgan fingerprint density at radius 1 is 0.788 bits per heavy atom. The predicted molar refractivity (Wildman–Crippen MR) is 134 cm³/mol. The van der Waals surface area contributed by atoms with Crippen LogP contribution in [0.4, 0.5) is 0 Å². The van der Waals surface area contributed by atoms with Crippen LogP contribution in [0.1, 0.15) is 23.6 Å². The van der Waals surface area contributed by atoms with Crippen LogP contribution in [0.3, 0.4) is 0 Å². The molecule has 1 aliphatic rings. The van der Waals surface area contributed by atoms with Crippen molar-refractivity contribution >= 4 is 21.6 Å². The van der Waals surface area contributed by atoms with Gasteiger partial charge in [-0.15, -0.1) is 0 Å². The number of nitrogens with one attached hydrogen (secondary N) is 1. The fraction of sp³-hybridized carbons (Fsp3) is 0.308. The monoisotopic (exact) mass is 483 g/mol. The van der Waals surface area contributed by atoms with Gasteiger partial charge in [0.1, 0.15) is 0 Å². The van der Waals surface area contributed by atoms with E-state index in [-0.39, 0.29) is 10.9 Å². The number of rotatable bonds is 9. The molecule has 7 heteroatoms. The lowest BCUT2D eigenvalue weighted by Gasteiger charge is -2.39. The molecule has 1 N–H and O–H groups in total. The summed E-state index contributed by atoms with van der Waals surface area (Å²) < 4.78 is 27.5. The number of hydrogen-bond donors (Lipinski definition) is 1. The van der Waals surface area contributed by atoms with E-state index in [1.54, 1.807) is 12.1 Å². The third-order valence-electron chi connectivity index (χ3n) is 6.07. The molecule has 1 saturated heterocycles. The van der Waals surface area contributed by atoms with E-state index >= 15 is 0 Å². The molecule has 5 nitrogen and oxygen atoms in total. The van der Waals surface area contributed by atoms with Crippen LogP contribution in [0, 0.1) is 0 Å². The summed E-state index contributed by atoms with van der Waals surface area (Å²) in [7, 11) is -3.50. The Balaban J connectivity index is 1.28. The van der Waals surface area contributed by atoms with Crippen LogP contribution >= 0.6 is 11.6 Å². The molecule has 0 radical (unpaired) electrons. The van der Waals surface area contributed by atoms with Crippen molar-refractivity contribution in [1.82, 2.24) is 14.5 Å². The zero-order valence-electron chi connectivity index (χ0n) is 18.6. The highest BCUT2D eigenvalue weighted by Crippen LogP contribution is 2.29. The van der Waals surface area contributed by atoms with Crippen LogP contribution in [-0.2, 0) is 10.0 Å². The summed E-state index contributed by atoms with van der Waals surface area (Å²) in [6.07, 6.45) is 0.771. The molecule has 0 bridgehead atoms. The number of sulfonamides is 1. The third-order valence-corrected chi connectivity index (χ3v) is 7.80. The van der Waals surface area contributed by atoms with Crippen LogP contribution < -0.4 is 4.72 Å². The highest BCUT2D eigenvalue weighted by atomic mass is 35.5. The maximum atomic E-state index is 12.4. The zero-order chi connectivity index (χ0) is 23.1. The first kappa shape index (κ1) is 23.9. The lowest BCUT2D eigenvalue weighted by atomic mass is 9.96. The van der Waals surface area contributed by atoms with Gasteiger partial charge in [-0.2, -0.15) is 0 Å². The number of halogens is 1. The average Bonchev–Trinajstić information content (AvgIpc) is 2.85. The van der Waals surface area contributed by atoms with Crippen molar-refractivity contribution in [2.45, 2.75) is 17.4 Å². The number of piperazine rings is 1. The summed E-state index contributed by atoms with van der Waals surface area (Å²) in [5.74, 6) is 0. The number of nitrogens with zero attached hydrogens (tertiary/aromatic N) is 2. The Labute approximate surface area is 202 Å². The zero-order valence-corrected chi connectivity index (χ0v) is 20.2. The van der Waals surface area contributed by atoms with Gasteiger partial charge in [-0.3, -0.25) is 4.90 Å². The second-order valence-corrected chi connectivity index (χ2v) is 10.5. The molecular weight excluding hydrogens is 454 g/mol. The molecule has 0 aromatic heterocycles. The van der Waals surface area contributed by atoms with Crippen molar-refractivity contribution in [3.63, 3.8) is 0 Å². The van der Waals surface area contributed by atoms with Crippen LogP contribution in [0.5, 0.6) is 0 Å². The van der Waals surface area contributed by atoms with Crippen LogP contribution in [0.25, 0.3) is 0 Å². The van der Waals surface area contributed by atoms with Gasteiger partial charge in [0.15, 0.2) is 0 Å². The summed E-state index contributed by atoms with van der Waals surface area (Å²) in [5, 5.41) is 0.523. The second-order valence-electron chi connectivity index (χ2n) is 8.31. The Kier molecular flexibility index (Phi) is 8.17. The van der Waals surface area contributed by atoms with Gasteiger partial charge < -0.3 is 4.90 Å². The molecule has 0 saturated carbocycles. The van der Waals surface area contributed by atoms with Crippen LogP contribution in [-0.4, -0.2) is 57.5 Å². The van der Waals surface area contributed by atoms with E-state index in [9.17, 15) is 8.42 Å². The maximum Gasteiger partial charge on any atom is 0.240 e. The predicted octanol–water partition coefficient (Wildman–Crippen LogP) is 4.42. The molecule has 4 rings (SSSR count). The van der Waals surface area contributed by atoms with Crippen molar-refractivity contribution in [3.05, 3.63) is 101 Å². The van der Waals surface area contributed by atoms with Crippen molar-refractivity contribution in [2.75, 3.05) is 39.3 Å². The summed E-state index contributed by atoms with van der Waals surface area (Å²) >= 11 is 5.85. The lowest BCUT2D eigenvalue weighted by molar-refractivity contribution is 0.109. The van der Waals surface area contributed by atoms with E-state index < -0.39 is 10.0 Å². The second kappa shape index (κ2) is 11.3. The van der Waals surface area contributed by atoms with Gasteiger partial charge >= 0.3 is 0 Å². The van der Waals surface area contributed by atoms with Gasteiger partial charge in [0, 0.05) is 37.7 Å². The van der Waals surface area contributed by atoms with Gasteiger partial charge in [0.25, 0.3) is 0 Å². The molecule has 33 heavy (non-hydrogen) atoms. The van der Waals surface area contributed by atoms with Crippen LogP contribution in [0.2, 0.25) is 5.02 Å². The lowest BCUT2D eigenvalue weighted by Crippen LogP contribution is -2.48. The first-order valence-electron chi connectivity index (χ1n) is 11.3. The minimum absolute atomic E-state index is 0.244. The molecule has 0 unspecified atom stereocenters. The van der Waals surface area contributed by atoms with Gasteiger partial charge in [0.2, 0.25) is 10.0 Å². The minimum Gasteiger partial charge on any atom is -0.301 e. The molecule has 0 amide bonds. The Morgan fingerprint density at radius 3 is 1.88 bits per heavy atom. The number of benzene rings is 3. The van der Waals surface area contributed by atoms with Crippen molar-refractivity contribution < 1.29 is 8.42 Å². The van der Waals surface area contributed by atoms with E-state index in [1.165, 1.54) is 23.3 Å². The van der Waals surface area contributed by atoms with Gasteiger partial charge in [-0.1, -0.05) is 72.3 Å². The molecule has 3 aromatic rings. The third kappa shape index (κ3) is 6.43. The molecule has 1 heterocycles. The first-order chi connectivity index (χ1) is 16.0. The highest BCUT2D eigenvalue weighted by Gasteiger charge is 2.26. The molecular formula is C26H30ClN3O2S. The topological polar surface area (TPSA) is 52.7 Å². The molecule has 0 spiro atoms. The molecule has 1 aliphatic heterocycles. The summed E-state index contributed by atoms with van der Waals surface area (Å²) in [6.45, 7) is 5.19. The molecule has 0 aliphatic carbocycles. The Morgan fingerprint density at radius 2 is 1.33 bits per heavy atom. The largest absolute Gasteiger partial charge is 0.301 e. The van der Waals surface area contributed by atoms with E-state index in [4.69, 9.17) is 11.6 Å². The van der Waals surface area contributed by atoms with E-state index in [0.29, 0.717) is 11.6 Å². The smallest absolute Gasteiger partial charge is 0.240 e. The molecule has 174 valence electrons. The summed E-state index contributed by atoms with van der Waals surface area (Å²) in [5.41, 5.74) is 2.63. The first-order valence-corrected chi connectivity index (χ1v) is 13.2. The fourth-order valence-corrected chi connectivity index (χ4v) is 5.54. The normalized spacial score (nSPS) is 15.7. The maximum absolute atomic E-state index is 12.4. The Hall–Kier alpha value is -2.22. The quantitative estimate of drug-likeness (QED) is 0.458. The van der Waals surface area contributed by atoms with E-state index in [0.717, 1.165) is 39.1 Å². The SMILES string of the molecule is O=S(=O)(NCCCN1CCN(C(c2ccccc2)c2ccccc2)CC1)c1ccc(Cl)cc1. The van der Waals surface area contributed by atoms with Gasteiger partial charge in [-0.25, -0.2) is 13.1 Å². The molecule has 1 fully saturated rings. The van der Waals surface area contributed by atoms with Gasteiger partial charge in [-0.05, 0) is 48.4 Å². The van der Waals surface area contributed by atoms with E-state index in [1.807, 2.05) is 0 Å². The van der Waals surface area contributed by atoms with Crippen molar-refractivity contribution in [3.8, 4) is 0 Å². The average molecular weight is 484 g/mol. The van der Waals surface area contributed by atoms with Gasteiger partial charge in [0.05, 0.1) is 10.9 Å². The van der Waals surface area contributed by atoms with Crippen LogP contribution in [0.15, 0.2) is 89.8 Å². The fourth-order valence-electron chi connectivity index (χ4n) is 4.34. The van der Waals surface area contributed by atoms with E-state index in [2.05, 4.69) is 75.2 Å². The van der Waals surface area contributed by atoms with Crippen molar-refractivity contribution in [1.29, 1.82) is 0 Å². The Bertz CT molecular complexity index is 1060. The highest BCUT2D eigenvalue weighted by molar-refractivity contribution is 7.89. The standard InChI is InChI=1S/C26H30ClN3O2S/c27-24-12-14-25(15-13-24)33(31,32)28-16-7-17-29-18-20-30(21-19-29)26(22-8-3-1-4-9-22)23-10-5-2-6-11-23/h1-6,8-15,26,28H,7,16-21H2. The molecule has 0 atom stereocenters. The van der Waals surface area contributed by atoms with Crippen molar-refractivity contribution in [2.24, 2.45) is 0 Å². The summed E-state index contributed by atoms with van der Waals surface area (Å²) in [4.78, 5) is 5.21. The minimum atomic E-state index is -3.50.